The van der Waals surface area contributed by atoms with Crippen molar-refractivity contribution >= 4 is 28.7 Å². The summed E-state index contributed by atoms with van der Waals surface area (Å²) in [6, 6.07) is 8.85. The molecule has 0 unspecified atom stereocenters. The van der Waals surface area contributed by atoms with Crippen LogP contribution in [0, 0.1) is 6.92 Å². The average Bonchev–Trinajstić information content (AvgIpc) is 3.45. The molecule has 1 saturated carbocycles. The Morgan fingerprint density at radius 2 is 1.76 bits per heavy atom. The topological polar surface area (TPSA) is 69.3 Å². The molecule has 9 heteroatoms. The Labute approximate surface area is 188 Å². The van der Waals surface area contributed by atoms with Crippen LogP contribution >= 0.6 is 0 Å². The number of H-pyrrole nitrogens is 1. The molecule has 0 radical (unpaired) electrons. The number of carbonyl (C=O) groups excluding carboxylic acids is 2. The number of hydrogen-bond acceptors (Lipinski definition) is 3. The molecule has 33 heavy (non-hydrogen) atoms. The van der Waals surface area contributed by atoms with E-state index in [1.54, 1.807) is 20.0 Å². The van der Waals surface area contributed by atoms with E-state index in [0.29, 0.717) is 5.65 Å². The Morgan fingerprint density at radius 3 is 2.36 bits per heavy atom. The van der Waals surface area contributed by atoms with E-state index in [-0.39, 0.29) is 30.6 Å². The summed E-state index contributed by atoms with van der Waals surface area (Å²) >= 11 is 0. The molecule has 0 bridgehead atoms. The predicted octanol–water partition coefficient (Wildman–Crippen LogP) is 5.21. The predicted molar refractivity (Wildman–Crippen MR) is 117 cm³/mol. The first-order chi connectivity index (χ1) is 15.5. The molecule has 2 fully saturated rings. The lowest BCUT2D eigenvalue weighted by Gasteiger charge is -2.27. The average molecular weight is 456 g/mol. The highest BCUT2D eigenvalue weighted by molar-refractivity contribution is 6.23. The molecule has 3 heterocycles. The number of pyridine rings is 1. The maximum Gasteiger partial charge on any atom is 0.398 e. The number of nitrogens with one attached hydrogen (secondary N) is 1. The molecule has 5 rings (SSSR count). The highest BCUT2D eigenvalue weighted by Gasteiger charge is 2.64. The normalized spacial score (nSPS) is 19.6. The molecule has 1 saturated heterocycles. The zero-order valence-corrected chi connectivity index (χ0v) is 18.5. The van der Waals surface area contributed by atoms with Crippen molar-refractivity contribution in [3.05, 3.63) is 59.4 Å². The van der Waals surface area contributed by atoms with Gasteiger partial charge in [-0.3, -0.25) is 4.79 Å². The minimum absolute atomic E-state index is 0.0528. The summed E-state index contributed by atoms with van der Waals surface area (Å²) in [5, 5.41) is 0.871. The van der Waals surface area contributed by atoms with Gasteiger partial charge in [-0.1, -0.05) is 12.1 Å². The van der Waals surface area contributed by atoms with Gasteiger partial charge in [-0.2, -0.15) is 13.2 Å². The Kier molecular flexibility index (Phi) is 4.44. The summed E-state index contributed by atoms with van der Waals surface area (Å²) in [7, 11) is 0. The van der Waals surface area contributed by atoms with Gasteiger partial charge in [0.05, 0.1) is 11.1 Å². The van der Waals surface area contributed by atoms with E-state index in [2.05, 4.69) is 9.97 Å². The van der Waals surface area contributed by atoms with Gasteiger partial charge in [-0.05, 0) is 69.0 Å². The van der Waals surface area contributed by atoms with Crippen molar-refractivity contribution in [1.82, 2.24) is 14.9 Å². The third kappa shape index (κ3) is 3.13. The number of alkyl halides is 3. The van der Waals surface area contributed by atoms with Crippen molar-refractivity contribution in [2.24, 2.45) is 0 Å². The molecule has 172 valence electrons. The van der Waals surface area contributed by atoms with Crippen molar-refractivity contribution in [3.8, 4) is 0 Å². The fourth-order valence-corrected chi connectivity index (χ4v) is 4.64. The molecule has 1 N–H and O–H groups in total. The number of aryl methyl sites for hydroxylation is 1. The zero-order valence-electron chi connectivity index (χ0n) is 18.5. The summed E-state index contributed by atoms with van der Waals surface area (Å²) in [6.07, 6.45) is -2.57. The minimum atomic E-state index is -4.32. The van der Waals surface area contributed by atoms with E-state index in [9.17, 15) is 22.8 Å². The van der Waals surface area contributed by atoms with Crippen LogP contribution in [0.4, 0.5) is 23.7 Å². The second-order valence-electron chi connectivity index (χ2n) is 9.38. The van der Waals surface area contributed by atoms with Crippen LogP contribution in [-0.2, 0) is 16.8 Å². The standard InChI is InChI=1S/C24H23F3N4O2/c1-14-12-18-15(8-11-28-19(18)29-14)13-30-21(33)31(20(32)22(30,2)3)17-6-4-16(5-7-17)23(9-10-23)24(25,26)27/h4-8,11-12H,9-10,13H2,1-3H3,(H,28,29). The Balaban J connectivity index is 1.46. The van der Waals surface area contributed by atoms with Gasteiger partial charge in [0.25, 0.3) is 5.91 Å². The first kappa shape index (κ1) is 21.5. The van der Waals surface area contributed by atoms with Crippen LogP contribution in [0.3, 0.4) is 0 Å². The van der Waals surface area contributed by atoms with Gasteiger partial charge in [-0.15, -0.1) is 0 Å². The first-order valence-corrected chi connectivity index (χ1v) is 10.7. The molecule has 1 aliphatic heterocycles. The number of aromatic amines is 1. The molecule has 2 aliphatic rings. The van der Waals surface area contributed by atoms with E-state index in [0.717, 1.165) is 21.5 Å². The molecule has 0 atom stereocenters. The van der Waals surface area contributed by atoms with E-state index < -0.39 is 29.1 Å². The van der Waals surface area contributed by atoms with Crippen molar-refractivity contribution in [2.75, 3.05) is 4.90 Å². The van der Waals surface area contributed by atoms with Crippen LogP contribution < -0.4 is 4.90 Å². The highest BCUT2D eigenvalue weighted by Crippen LogP contribution is 2.59. The molecule has 1 aromatic carbocycles. The summed E-state index contributed by atoms with van der Waals surface area (Å²) in [5.74, 6) is -0.423. The van der Waals surface area contributed by atoms with Crippen molar-refractivity contribution in [2.45, 2.75) is 57.3 Å². The summed E-state index contributed by atoms with van der Waals surface area (Å²) in [5.41, 5.74) is -0.0290. The van der Waals surface area contributed by atoms with E-state index in [1.165, 1.54) is 29.2 Å². The van der Waals surface area contributed by atoms with Crippen LogP contribution in [0.5, 0.6) is 0 Å². The van der Waals surface area contributed by atoms with Crippen molar-refractivity contribution in [1.29, 1.82) is 0 Å². The monoisotopic (exact) mass is 456 g/mol. The maximum atomic E-state index is 13.4. The number of anilines is 1. The number of nitrogens with zero attached hydrogens (tertiary/aromatic N) is 3. The second kappa shape index (κ2) is 6.82. The lowest BCUT2D eigenvalue weighted by atomic mass is 9.95. The number of amides is 3. The third-order valence-corrected chi connectivity index (χ3v) is 6.88. The molecule has 6 nitrogen and oxygen atoms in total. The maximum absolute atomic E-state index is 13.4. The van der Waals surface area contributed by atoms with Gasteiger partial charge in [0.1, 0.15) is 11.2 Å². The Hall–Kier alpha value is -3.36. The molecule has 0 spiro atoms. The number of hydrogen-bond donors (Lipinski definition) is 1. The smallest absolute Gasteiger partial charge is 0.344 e. The first-order valence-electron chi connectivity index (χ1n) is 10.7. The van der Waals surface area contributed by atoms with Crippen molar-refractivity contribution < 1.29 is 22.8 Å². The lowest BCUT2D eigenvalue weighted by molar-refractivity contribution is -0.160. The lowest BCUT2D eigenvalue weighted by Crippen LogP contribution is -2.43. The van der Waals surface area contributed by atoms with Crippen LogP contribution in [0.1, 0.15) is 43.5 Å². The van der Waals surface area contributed by atoms with Gasteiger partial charge in [0, 0.05) is 23.8 Å². The van der Waals surface area contributed by atoms with Crippen LogP contribution in [0.25, 0.3) is 11.0 Å². The number of benzene rings is 1. The Morgan fingerprint density at radius 1 is 1.09 bits per heavy atom. The van der Waals surface area contributed by atoms with Gasteiger partial charge in [0.2, 0.25) is 0 Å². The number of halogens is 3. The molecular weight excluding hydrogens is 433 g/mol. The molecular formula is C24H23F3N4O2. The van der Waals surface area contributed by atoms with Gasteiger partial charge in [0.15, 0.2) is 0 Å². The number of imide groups is 1. The number of urea groups is 1. The Bertz CT molecular complexity index is 1270. The SMILES string of the molecule is Cc1cc2c(CN3C(=O)N(c4ccc(C5(C(F)(F)F)CC5)cc4)C(=O)C3(C)C)ccnc2[nH]1. The van der Waals surface area contributed by atoms with Crippen LogP contribution in [0.15, 0.2) is 42.6 Å². The summed E-state index contributed by atoms with van der Waals surface area (Å²) in [6.45, 7) is 5.45. The number of carbonyl (C=O) groups is 2. The minimum Gasteiger partial charge on any atom is -0.344 e. The van der Waals surface area contributed by atoms with Crippen LogP contribution in [0.2, 0.25) is 0 Å². The molecule has 2 aromatic heterocycles. The summed E-state index contributed by atoms with van der Waals surface area (Å²) < 4.78 is 40.3. The fourth-order valence-electron chi connectivity index (χ4n) is 4.64. The number of fused-ring (bicyclic) bond motifs is 1. The van der Waals surface area contributed by atoms with Gasteiger partial charge in [-0.25, -0.2) is 14.7 Å². The van der Waals surface area contributed by atoms with Crippen LogP contribution in [-0.4, -0.2) is 38.5 Å². The molecule has 3 amide bonds. The molecule has 1 aliphatic carbocycles. The highest BCUT2D eigenvalue weighted by atomic mass is 19.4. The second-order valence-corrected chi connectivity index (χ2v) is 9.38. The third-order valence-electron chi connectivity index (χ3n) is 6.88. The zero-order chi connectivity index (χ0) is 23.8. The van der Waals surface area contributed by atoms with Crippen molar-refractivity contribution in [3.63, 3.8) is 0 Å². The number of rotatable bonds is 4. The van der Waals surface area contributed by atoms with E-state index in [4.69, 9.17) is 0 Å². The van der Waals surface area contributed by atoms with Gasteiger partial charge >= 0.3 is 12.2 Å². The fraction of sp³-hybridized carbons (Fsp3) is 0.375. The summed E-state index contributed by atoms with van der Waals surface area (Å²) in [4.78, 5) is 36.6. The number of aromatic nitrogens is 2. The van der Waals surface area contributed by atoms with Gasteiger partial charge < -0.3 is 9.88 Å². The van der Waals surface area contributed by atoms with E-state index in [1.807, 2.05) is 19.1 Å². The van der Waals surface area contributed by atoms with E-state index >= 15 is 0 Å². The molecule has 3 aromatic rings. The largest absolute Gasteiger partial charge is 0.398 e. The quantitative estimate of drug-likeness (QED) is 0.548.